The van der Waals surface area contributed by atoms with Crippen molar-refractivity contribution in [2.24, 2.45) is 5.92 Å². The summed E-state index contributed by atoms with van der Waals surface area (Å²) in [5.41, 5.74) is 0. The highest BCUT2D eigenvalue weighted by atomic mass is 31.2. The summed E-state index contributed by atoms with van der Waals surface area (Å²) in [5, 5.41) is 10.5. The van der Waals surface area contributed by atoms with Crippen molar-refractivity contribution in [1.29, 1.82) is 0 Å². The Labute approximate surface area is 543 Å². The maximum absolute atomic E-state index is 13.0. The minimum Gasteiger partial charge on any atom is -0.462 e. The number of ether oxygens (including phenoxy) is 4. The number of carbonyl (C=O) groups is 4. The van der Waals surface area contributed by atoms with Crippen molar-refractivity contribution in [3.05, 3.63) is 0 Å². The summed E-state index contributed by atoms with van der Waals surface area (Å²) in [4.78, 5) is 72.2. The van der Waals surface area contributed by atoms with Crippen LogP contribution in [0.2, 0.25) is 0 Å². The number of hydrogen-bond acceptors (Lipinski definition) is 15. The second-order valence-electron chi connectivity index (χ2n) is 25.5. The predicted octanol–water partition coefficient (Wildman–Crippen LogP) is 20.1. The van der Waals surface area contributed by atoms with E-state index in [0.717, 1.165) is 102 Å². The first-order valence-corrected chi connectivity index (χ1v) is 39.7. The number of phosphoric ester groups is 2. The van der Waals surface area contributed by atoms with E-state index < -0.39 is 97.5 Å². The maximum atomic E-state index is 13.0. The monoisotopic (exact) mass is 1310 g/mol. The molecule has 0 aromatic heterocycles. The molecule has 0 aliphatic rings. The lowest BCUT2D eigenvalue weighted by molar-refractivity contribution is -0.161. The van der Waals surface area contributed by atoms with Gasteiger partial charge >= 0.3 is 39.5 Å². The normalized spacial score (nSPS) is 14.4. The van der Waals surface area contributed by atoms with Gasteiger partial charge in [-0.3, -0.25) is 37.3 Å². The van der Waals surface area contributed by atoms with E-state index in [2.05, 4.69) is 34.6 Å². The van der Waals surface area contributed by atoms with Crippen LogP contribution in [0.5, 0.6) is 0 Å². The van der Waals surface area contributed by atoms with Gasteiger partial charge in [0.15, 0.2) is 12.2 Å². The van der Waals surface area contributed by atoms with E-state index in [-0.39, 0.29) is 25.7 Å². The molecule has 0 aromatic rings. The Hall–Kier alpha value is -1.94. The van der Waals surface area contributed by atoms with E-state index in [1.54, 1.807) is 0 Å². The van der Waals surface area contributed by atoms with Crippen molar-refractivity contribution < 1.29 is 80.2 Å². The third kappa shape index (κ3) is 63.2. The average Bonchev–Trinajstić information content (AvgIpc) is 3.68. The number of carbonyl (C=O) groups excluding carboxylic acids is 4. The molecule has 0 saturated carbocycles. The summed E-state index contributed by atoms with van der Waals surface area (Å²) < 4.78 is 68.0. The van der Waals surface area contributed by atoms with Crippen molar-refractivity contribution in [3.8, 4) is 0 Å². The van der Waals surface area contributed by atoms with E-state index in [4.69, 9.17) is 37.0 Å². The van der Waals surface area contributed by atoms with Crippen molar-refractivity contribution in [2.75, 3.05) is 39.6 Å². The van der Waals surface area contributed by atoms with Crippen LogP contribution >= 0.6 is 15.6 Å². The molecule has 0 radical (unpaired) electrons. The van der Waals surface area contributed by atoms with E-state index in [0.29, 0.717) is 25.7 Å². The molecule has 0 aliphatic carbocycles. The lowest BCUT2D eigenvalue weighted by Crippen LogP contribution is -2.30. The van der Waals surface area contributed by atoms with Gasteiger partial charge in [0, 0.05) is 25.7 Å². The van der Waals surface area contributed by atoms with Crippen LogP contribution in [0.25, 0.3) is 0 Å². The van der Waals surface area contributed by atoms with Gasteiger partial charge in [-0.1, -0.05) is 311 Å². The van der Waals surface area contributed by atoms with Crippen LogP contribution < -0.4 is 0 Å². The minimum atomic E-state index is -4.95. The van der Waals surface area contributed by atoms with Crippen LogP contribution in [0.1, 0.15) is 362 Å². The molecule has 3 unspecified atom stereocenters. The van der Waals surface area contributed by atoms with Crippen LogP contribution in [-0.4, -0.2) is 96.7 Å². The fraction of sp³-hybridized carbons (Fsp3) is 0.943. The van der Waals surface area contributed by atoms with Gasteiger partial charge in [-0.25, -0.2) is 9.13 Å². The van der Waals surface area contributed by atoms with E-state index >= 15 is 0 Å². The summed E-state index contributed by atoms with van der Waals surface area (Å²) in [7, 11) is -9.89. The Morgan fingerprint density at radius 3 is 0.798 bits per heavy atom. The first-order valence-electron chi connectivity index (χ1n) is 36.7. The molecule has 0 rings (SSSR count). The van der Waals surface area contributed by atoms with Gasteiger partial charge < -0.3 is 33.8 Å². The Kier molecular flexibility index (Phi) is 62.1. The molecular weight excluding hydrogens is 1170 g/mol. The van der Waals surface area contributed by atoms with Crippen molar-refractivity contribution in [2.45, 2.75) is 380 Å². The highest BCUT2D eigenvalue weighted by Crippen LogP contribution is 2.45. The molecule has 0 heterocycles. The van der Waals surface area contributed by atoms with Gasteiger partial charge in [-0.15, -0.1) is 0 Å². The van der Waals surface area contributed by atoms with Crippen LogP contribution in [0.15, 0.2) is 0 Å². The zero-order valence-corrected chi connectivity index (χ0v) is 59.4. The van der Waals surface area contributed by atoms with Crippen molar-refractivity contribution >= 4 is 39.5 Å². The van der Waals surface area contributed by atoms with Crippen LogP contribution in [-0.2, 0) is 65.4 Å². The minimum absolute atomic E-state index is 0.102. The van der Waals surface area contributed by atoms with Gasteiger partial charge in [0.05, 0.1) is 26.4 Å². The molecule has 0 spiro atoms. The summed E-state index contributed by atoms with van der Waals surface area (Å²) in [6.45, 7) is 7.10. The predicted molar refractivity (Wildman–Crippen MR) is 358 cm³/mol. The lowest BCUT2D eigenvalue weighted by Gasteiger charge is -2.21. The van der Waals surface area contributed by atoms with Gasteiger partial charge in [-0.2, -0.15) is 0 Å². The molecule has 0 bridgehead atoms. The van der Waals surface area contributed by atoms with Crippen LogP contribution in [0.4, 0.5) is 0 Å². The zero-order chi connectivity index (χ0) is 65.6. The molecule has 3 N–H and O–H groups in total. The van der Waals surface area contributed by atoms with Crippen LogP contribution in [0, 0.1) is 5.92 Å². The lowest BCUT2D eigenvalue weighted by atomic mass is 10.00. The number of hydrogen-bond donors (Lipinski definition) is 3. The van der Waals surface area contributed by atoms with Gasteiger partial charge in [0.1, 0.15) is 19.3 Å². The Balaban J connectivity index is 5.13. The Morgan fingerprint density at radius 2 is 0.539 bits per heavy atom. The van der Waals surface area contributed by atoms with E-state index in [1.165, 1.54) is 180 Å². The molecule has 0 aliphatic heterocycles. The Morgan fingerprint density at radius 1 is 0.315 bits per heavy atom. The average molecular weight is 1310 g/mol. The summed E-state index contributed by atoms with van der Waals surface area (Å²) in [6.07, 6.45) is 50.5. The molecule has 0 fully saturated rings. The maximum Gasteiger partial charge on any atom is 0.472 e. The number of phosphoric acid groups is 2. The number of esters is 4. The van der Waals surface area contributed by atoms with E-state index in [9.17, 15) is 43.2 Å². The molecule has 89 heavy (non-hydrogen) atoms. The third-order valence-electron chi connectivity index (χ3n) is 16.6. The highest BCUT2D eigenvalue weighted by Gasteiger charge is 2.30. The van der Waals surface area contributed by atoms with Gasteiger partial charge in [0.25, 0.3) is 0 Å². The van der Waals surface area contributed by atoms with E-state index in [1.807, 2.05) is 0 Å². The molecule has 528 valence electrons. The SMILES string of the molecule is CCCCCCCCCCCCCCCCCCCCCCC(=O)O[C@H](COC(=O)CCCCCCCCCCCCCCCC)COP(=O)(O)OC[C@@H](O)COP(=O)(O)OC[C@@H](COC(=O)CCCCCCC)OC(=O)CCCCCCCCC(C)CC. The topological polar surface area (TPSA) is 237 Å². The smallest absolute Gasteiger partial charge is 0.462 e. The summed E-state index contributed by atoms with van der Waals surface area (Å²) >= 11 is 0. The highest BCUT2D eigenvalue weighted by molar-refractivity contribution is 7.47. The quantitative estimate of drug-likeness (QED) is 0.0222. The number of rotatable bonds is 70. The fourth-order valence-corrected chi connectivity index (χ4v) is 12.2. The second kappa shape index (κ2) is 63.5. The number of aliphatic hydroxyl groups is 1. The van der Waals surface area contributed by atoms with Crippen molar-refractivity contribution in [3.63, 3.8) is 0 Å². The molecule has 0 amide bonds. The molecular formula is C70H136O17P2. The van der Waals surface area contributed by atoms with Gasteiger partial charge in [-0.05, 0) is 31.6 Å². The summed E-state index contributed by atoms with van der Waals surface area (Å²) in [6, 6.07) is 0. The molecule has 6 atom stereocenters. The summed E-state index contributed by atoms with van der Waals surface area (Å²) in [5.74, 6) is -1.42. The second-order valence-corrected chi connectivity index (χ2v) is 28.4. The van der Waals surface area contributed by atoms with Gasteiger partial charge in [0.2, 0.25) is 0 Å². The third-order valence-corrected chi connectivity index (χ3v) is 18.5. The zero-order valence-electron chi connectivity index (χ0n) is 57.6. The first-order chi connectivity index (χ1) is 43.1. The number of unbranched alkanes of at least 4 members (excludes halogenated alkanes) is 41. The van der Waals surface area contributed by atoms with Crippen LogP contribution in [0.3, 0.4) is 0 Å². The van der Waals surface area contributed by atoms with Crippen molar-refractivity contribution in [1.82, 2.24) is 0 Å². The fourth-order valence-electron chi connectivity index (χ4n) is 10.6. The number of aliphatic hydroxyl groups excluding tert-OH is 1. The molecule has 19 heteroatoms. The molecule has 17 nitrogen and oxygen atoms in total. The largest absolute Gasteiger partial charge is 0.472 e. The Bertz CT molecular complexity index is 1720. The molecule has 0 aromatic carbocycles. The first kappa shape index (κ1) is 87.1. The standard InChI is InChI=1S/C70H136O17P2/c1-6-10-13-16-18-20-22-24-26-27-28-29-30-31-33-35-37-39-45-50-55-69(74)86-66(60-81-68(73)54-49-44-38-36-34-32-25-23-21-19-17-14-11-7-2)62-85-89(78,79)83-58-64(71)57-82-88(76,77)84-61-65(59-80-67(72)53-48-42-15-12-8-3)87-70(75)56-51-46-41-40-43-47-52-63(5)9-4/h63-66,71H,6-62H2,1-5H3,(H,76,77)(H,78,79)/t63?,64-,65+,66+/m0/s1. The molecule has 0 saturated heterocycles.